The van der Waals surface area contributed by atoms with Crippen LogP contribution in [0.5, 0.6) is 5.75 Å². The number of aromatic nitrogens is 5. The average Bonchev–Trinajstić information content (AvgIpc) is 3.53. The molecule has 234 valence electrons. The largest absolute Gasteiger partial charge is 0.492 e. The number of hydrogen-bond acceptors (Lipinski definition) is 6. The third-order valence-electron chi connectivity index (χ3n) is 7.58. The van der Waals surface area contributed by atoms with Crippen molar-refractivity contribution in [3.63, 3.8) is 0 Å². The van der Waals surface area contributed by atoms with Gasteiger partial charge in [-0.1, -0.05) is 53.7 Å². The molecule has 0 fully saturated rings. The summed E-state index contributed by atoms with van der Waals surface area (Å²) < 4.78 is 7.76. The highest BCUT2D eigenvalue weighted by molar-refractivity contribution is 6.03. The molecule has 45 heavy (non-hydrogen) atoms. The summed E-state index contributed by atoms with van der Waals surface area (Å²) in [5, 5.41) is 8.12. The van der Waals surface area contributed by atoms with Crippen molar-refractivity contribution in [2.45, 2.75) is 59.9 Å². The molecule has 0 aliphatic rings. The first-order valence-corrected chi connectivity index (χ1v) is 15.4. The quantitative estimate of drug-likeness (QED) is 0.164. The molecule has 3 heterocycles. The van der Waals surface area contributed by atoms with E-state index in [0.29, 0.717) is 25.3 Å². The molecule has 0 atom stereocenters. The number of ether oxygens (including phenoxy) is 1. The number of pyridine rings is 2. The van der Waals surface area contributed by atoms with E-state index in [1.165, 1.54) is 11.2 Å². The number of amides is 2. The molecule has 3 aromatic heterocycles. The van der Waals surface area contributed by atoms with Gasteiger partial charge < -0.3 is 15.0 Å². The number of H-pyrrole nitrogens is 1. The van der Waals surface area contributed by atoms with Crippen LogP contribution in [0.1, 0.15) is 64.5 Å². The molecule has 5 rings (SSSR count). The fourth-order valence-corrected chi connectivity index (χ4v) is 5.33. The number of rotatable bonds is 11. The Hall–Kier alpha value is -4.99. The van der Waals surface area contributed by atoms with Crippen LogP contribution in [0.2, 0.25) is 0 Å². The van der Waals surface area contributed by atoms with Crippen LogP contribution in [0.25, 0.3) is 22.2 Å². The molecule has 0 bridgehead atoms. The van der Waals surface area contributed by atoms with E-state index in [2.05, 4.69) is 71.3 Å². The first-order valence-electron chi connectivity index (χ1n) is 15.4. The number of carbonyl (C=O) groups is 1. The molecule has 10 nitrogen and oxygen atoms in total. The van der Waals surface area contributed by atoms with Gasteiger partial charge in [0.25, 0.3) is 5.56 Å². The van der Waals surface area contributed by atoms with Crippen LogP contribution in [-0.4, -0.2) is 43.9 Å². The third kappa shape index (κ3) is 7.39. The van der Waals surface area contributed by atoms with Crippen LogP contribution in [-0.2, 0) is 6.54 Å². The van der Waals surface area contributed by atoms with Crippen LogP contribution in [0.4, 0.5) is 16.2 Å². The Bertz CT molecular complexity index is 1800. The zero-order valence-corrected chi connectivity index (χ0v) is 26.7. The number of nitrogens with zero attached hydrogens (tertiary/aromatic N) is 5. The number of urea groups is 1. The topological polar surface area (TPSA) is 118 Å². The SMILES string of the molecule is CC(C)CN(C(=O)Nc1c(C(C)C)cc(-c2cccc(OCCn3cncn3)c2)cc1C(C)C)c1cc2cccnc2[nH]c1=O. The highest BCUT2D eigenvalue weighted by Gasteiger charge is 2.25. The summed E-state index contributed by atoms with van der Waals surface area (Å²) in [6, 6.07) is 17.4. The molecule has 0 saturated carbocycles. The van der Waals surface area contributed by atoms with Gasteiger partial charge in [-0.3, -0.25) is 9.69 Å². The third-order valence-corrected chi connectivity index (χ3v) is 7.58. The Morgan fingerprint density at radius 3 is 2.40 bits per heavy atom. The second-order valence-electron chi connectivity index (χ2n) is 12.2. The van der Waals surface area contributed by atoms with Gasteiger partial charge in [-0.15, -0.1) is 0 Å². The lowest BCUT2D eigenvalue weighted by Crippen LogP contribution is -2.41. The molecule has 2 N–H and O–H groups in total. The van der Waals surface area contributed by atoms with Crippen LogP contribution in [0, 0.1) is 5.92 Å². The zero-order chi connectivity index (χ0) is 32.1. The maximum absolute atomic E-state index is 14.1. The number of hydrogen-bond donors (Lipinski definition) is 2. The Kier molecular flexibility index (Phi) is 9.61. The van der Waals surface area contributed by atoms with Crippen molar-refractivity contribution in [1.82, 2.24) is 24.7 Å². The lowest BCUT2D eigenvalue weighted by atomic mass is 9.88. The van der Waals surface area contributed by atoms with Crippen molar-refractivity contribution in [2.24, 2.45) is 5.92 Å². The molecule has 2 amide bonds. The Morgan fingerprint density at radius 2 is 1.73 bits per heavy atom. The molecular weight excluding hydrogens is 566 g/mol. The molecule has 0 unspecified atom stereocenters. The normalized spacial score (nSPS) is 11.5. The van der Waals surface area contributed by atoms with Crippen molar-refractivity contribution in [3.05, 3.63) is 94.9 Å². The number of anilines is 2. The summed E-state index contributed by atoms with van der Waals surface area (Å²) in [7, 11) is 0. The average molecular weight is 608 g/mol. The molecule has 2 aromatic carbocycles. The van der Waals surface area contributed by atoms with Crippen LogP contribution in [0.15, 0.2) is 78.2 Å². The fourth-order valence-electron chi connectivity index (χ4n) is 5.33. The van der Waals surface area contributed by atoms with Gasteiger partial charge in [0.05, 0.1) is 6.54 Å². The van der Waals surface area contributed by atoms with Crippen molar-refractivity contribution >= 4 is 28.4 Å². The van der Waals surface area contributed by atoms with Gasteiger partial charge in [-0.2, -0.15) is 5.10 Å². The number of benzene rings is 2. The number of fused-ring (bicyclic) bond motifs is 1. The molecule has 0 aliphatic heterocycles. The predicted octanol–water partition coefficient (Wildman–Crippen LogP) is 7.20. The maximum Gasteiger partial charge on any atom is 0.326 e. The second kappa shape index (κ2) is 13.8. The van der Waals surface area contributed by atoms with E-state index in [9.17, 15) is 9.59 Å². The van der Waals surface area contributed by atoms with E-state index in [1.54, 1.807) is 23.3 Å². The number of nitrogens with one attached hydrogen (secondary N) is 2. The Morgan fingerprint density at radius 1 is 0.978 bits per heavy atom. The van der Waals surface area contributed by atoms with Gasteiger partial charge in [0.15, 0.2) is 0 Å². The van der Waals surface area contributed by atoms with Gasteiger partial charge >= 0.3 is 6.03 Å². The standard InChI is InChI=1S/C35H41N7O3/c1-22(2)19-42(31-18-26-10-8-12-37-33(26)40-34(31)43)35(44)39-32-29(23(3)4)16-27(17-30(32)24(5)6)25-9-7-11-28(15-25)45-14-13-41-21-36-20-38-41/h7-12,15-18,20-24H,13-14,19H2,1-6H3,(H,39,44)(H,37,40,43). The van der Waals surface area contributed by atoms with Crippen LogP contribution in [0.3, 0.4) is 0 Å². The molecule has 0 radical (unpaired) electrons. The zero-order valence-electron chi connectivity index (χ0n) is 26.7. The van der Waals surface area contributed by atoms with Crippen molar-refractivity contribution in [2.75, 3.05) is 23.4 Å². The van der Waals surface area contributed by atoms with Gasteiger partial charge in [-0.05, 0) is 82.5 Å². The molecule has 10 heteroatoms. The molecule has 0 spiro atoms. The van der Waals surface area contributed by atoms with Crippen molar-refractivity contribution in [1.29, 1.82) is 0 Å². The second-order valence-corrected chi connectivity index (χ2v) is 12.2. The smallest absolute Gasteiger partial charge is 0.326 e. The van der Waals surface area contributed by atoms with Crippen molar-refractivity contribution < 1.29 is 9.53 Å². The first-order chi connectivity index (χ1) is 21.6. The highest BCUT2D eigenvalue weighted by Crippen LogP contribution is 2.38. The van der Waals surface area contributed by atoms with E-state index >= 15 is 0 Å². The van der Waals surface area contributed by atoms with E-state index in [-0.39, 0.29) is 35.0 Å². The predicted molar refractivity (Wildman–Crippen MR) is 179 cm³/mol. The van der Waals surface area contributed by atoms with Gasteiger partial charge in [0, 0.05) is 23.8 Å². The minimum absolute atomic E-state index is 0.119. The lowest BCUT2D eigenvalue weighted by Gasteiger charge is -2.28. The number of carbonyl (C=O) groups excluding carboxylic acids is 1. The Balaban J connectivity index is 1.48. The fraction of sp³-hybridized carbons (Fsp3) is 0.343. The summed E-state index contributed by atoms with van der Waals surface area (Å²) in [4.78, 5) is 39.9. The lowest BCUT2D eigenvalue weighted by molar-refractivity contribution is 0.256. The van der Waals surface area contributed by atoms with Gasteiger partial charge in [-0.25, -0.2) is 19.4 Å². The van der Waals surface area contributed by atoms with E-state index in [0.717, 1.165) is 39.1 Å². The minimum Gasteiger partial charge on any atom is -0.492 e. The maximum atomic E-state index is 14.1. The summed E-state index contributed by atoms with van der Waals surface area (Å²) in [6.07, 6.45) is 4.81. The molecular formula is C35H41N7O3. The van der Waals surface area contributed by atoms with E-state index in [4.69, 9.17) is 4.74 Å². The summed E-state index contributed by atoms with van der Waals surface area (Å²) in [5.41, 5.74) is 5.29. The highest BCUT2D eigenvalue weighted by atomic mass is 16.5. The van der Waals surface area contributed by atoms with Crippen LogP contribution >= 0.6 is 0 Å². The molecule has 0 aliphatic carbocycles. The monoisotopic (exact) mass is 607 g/mol. The van der Waals surface area contributed by atoms with E-state index < -0.39 is 0 Å². The van der Waals surface area contributed by atoms with E-state index in [1.807, 2.05) is 44.2 Å². The van der Waals surface area contributed by atoms with Crippen LogP contribution < -0.4 is 20.5 Å². The number of aromatic amines is 1. The van der Waals surface area contributed by atoms with Gasteiger partial charge in [0.1, 0.15) is 36.3 Å². The molecule has 5 aromatic rings. The molecule has 0 saturated heterocycles. The van der Waals surface area contributed by atoms with Crippen molar-refractivity contribution in [3.8, 4) is 16.9 Å². The van der Waals surface area contributed by atoms with Gasteiger partial charge in [0.2, 0.25) is 0 Å². The summed E-state index contributed by atoms with van der Waals surface area (Å²) in [5.74, 6) is 1.13. The summed E-state index contributed by atoms with van der Waals surface area (Å²) >= 11 is 0. The Labute approximate surface area is 263 Å². The minimum atomic E-state index is -0.357. The first kappa shape index (κ1) is 31.4. The summed E-state index contributed by atoms with van der Waals surface area (Å²) in [6.45, 7) is 14.0.